The van der Waals surface area contributed by atoms with Crippen molar-refractivity contribution in [3.8, 4) is 0 Å². The fourth-order valence-corrected chi connectivity index (χ4v) is 2.53. The summed E-state index contributed by atoms with van der Waals surface area (Å²) >= 11 is 0. The van der Waals surface area contributed by atoms with Gasteiger partial charge in [-0.3, -0.25) is 9.78 Å². The van der Waals surface area contributed by atoms with Crippen LogP contribution in [0.2, 0.25) is 0 Å². The summed E-state index contributed by atoms with van der Waals surface area (Å²) in [4.78, 5) is 16.4. The van der Waals surface area contributed by atoms with Crippen molar-refractivity contribution in [3.05, 3.63) is 54.4 Å². The number of carbonyl (C=O) groups is 1. The van der Waals surface area contributed by atoms with E-state index in [2.05, 4.69) is 22.5 Å². The molecule has 0 bridgehead atoms. The first-order chi connectivity index (χ1) is 10.7. The van der Waals surface area contributed by atoms with Gasteiger partial charge in [-0.25, -0.2) is 0 Å². The number of benzene rings is 1. The Hall–Kier alpha value is -2.36. The van der Waals surface area contributed by atoms with Crippen molar-refractivity contribution in [2.24, 2.45) is 11.8 Å². The molecule has 1 aliphatic rings. The predicted octanol–water partition coefficient (Wildman–Crippen LogP) is 3.33. The number of para-hydroxylation sites is 2. The highest BCUT2D eigenvalue weighted by Crippen LogP contribution is 2.38. The minimum atomic E-state index is 0.131. The van der Waals surface area contributed by atoms with E-state index in [-0.39, 0.29) is 11.8 Å². The average molecular weight is 295 g/mol. The lowest BCUT2D eigenvalue weighted by molar-refractivity contribution is -0.117. The highest BCUT2D eigenvalue weighted by molar-refractivity contribution is 5.97. The molecule has 1 aliphatic carbocycles. The number of hydrogen-bond acceptors (Lipinski definition) is 3. The Labute approximate surface area is 131 Å². The number of nitrogens with zero attached hydrogens (tertiary/aromatic N) is 1. The number of amides is 1. The van der Waals surface area contributed by atoms with Crippen LogP contribution >= 0.6 is 0 Å². The SMILES string of the molecule is C[C@@H]1C[C@H]1C(=O)Nc1ccccc1NCCc1ccccn1. The van der Waals surface area contributed by atoms with E-state index in [0.717, 1.165) is 36.5 Å². The van der Waals surface area contributed by atoms with E-state index in [9.17, 15) is 4.79 Å². The molecule has 2 atom stereocenters. The molecular formula is C18H21N3O. The molecule has 4 nitrogen and oxygen atoms in total. The maximum Gasteiger partial charge on any atom is 0.227 e. The van der Waals surface area contributed by atoms with Gasteiger partial charge in [-0.2, -0.15) is 0 Å². The van der Waals surface area contributed by atoms with E-state index in [1.54, 1.807) is 6.20 Å². The molecule has 1 saturated carbocycles. The van der Waals surface area contributed by atoms with Crippen molar-refractivity contribution in [2.45, 2.75) is 19.8 Å². The van der Waals surface area contributed by atoms with E-state index >= 15 is 0 Å². The first kappa shape index (κ1) is 14.6. The van der Waals surface area contributed by atoms with Crippen LogP contribution in [0, 0.1) is 11.8 Å². The van der Waals surface area contributed by atoms with Crippen LogP contribution < -0.4 is 10.6 Å². The van der Waals surface area contributed by atoms with Gasteiger partial charge in [0.25, 0.3) is 0 Å². The maximum absolute atomic E-state index is 12.1. The highest BCUT2D eigenvalue weighted by atomic mass is 16.2. The first-order valence-corrected chi connectivity index (χ1v) is 7.77. The molecule has 1 fully saturated rings. The van der Waals surface area contributed by atoms with Crippen molar-refractivity contribution < 1.29 is 4.79 Å². The monoisotopic (exact) mass is 295 g/mol. The fraction of sp³-hybridized carbons (Fsp3) is 0.333. The summed E-state index contributed by atoms with van der Waals surface area (Å²) in [5, 5.41) is 6.42. The Morgan fingerprint density at radius 2 is 1.91 bits per heavy atom. The number of aromatic nitrogens is 1. The summed E-state index contributed by atoms with van der Waals surface area (Å²) in [6.45, 7) is 2.89. The largest absolute Gasteiger partial charge is 0.383 e. The number of anilines is 2. The Kier molecular flexibility index (Phi) is 4.37. The standard InChI is InChI=1S/C18H21N3O/c1-13-12-15(13)18(22)21-17-8-3-2-7-16(17)20-11-9-14-6-4-5-10-19-14/h2-8,10,13,15,20H,9,11-12H2,1H3,(H,21,22)/t13-,15-/m1/s1. The van der Waals surface area contributed by atoms with Crippen LogP contribution in [0.5, 0.6) is 0 Å². The van der Waals surface area contributed by atoms with Crippen LogP contribution in [0.1, 0.15) is 19.0 Å². The number of carbonyl (C=O) groups excluding carboxylic acids is 1. The van der Waals surface area contributed by atoms with Gasteiger partial charge >= 0.3 is 0 Å². The van der Waals surface area contributed by atoms with Crippen LogP contribution in [0.4, 0.5) is 11.4 Å². The molecule has 3 rings (SSSR count). The molecule has 2 N–H and O–H groups in total. The molecule has 1 amide bonds. The molecule has 0 unspecified atom stereocenters. The van der Waals surface area contributed by atoms with Crippen molar-refractivity contribution in [1.29, 1.82) is 0 Å². The molecule has 4 heteroatoms. The maximum atomic E-state index is 12.1. The summed E-state index contributed by atoms with van der Waals surface area (Å²) in [5.41, 5.74) is 2.87. The van der Waals surface area contributed by atoms with Gasteiger partial charge in [0.2, 0.25) is 5.91 Å². The zero-order chi connectivity index (χ0) is 15.4. The van der Waals surface area contributed by atoms with E-state index in [0.29, 0.717) is 5.92 Å². The molecule has 1 aromatic carbocycles. The normalized spacial score (nSPS) is 19.5. The molecule has 0 spiro atoms. The van der Waals surface area contributed by atoms with E-state index < -0.39 is 0 Å². The minimum absolute atomic E-state index is 0.131. The molecule has 2 aromatic rings. The number of rotatable bonds is 6. The van der Waals surface area contributed by atoms with Gasteiger partial charge in [0.1, 0.15) is 0 Å². The van der Waals surface area contributed by atoms with Crippen molar-refractivity contribution >= 4 is 17.3 Å². The second-order valence-corrected chi connectivity index (χ2v) is 5.85. The number of pyridine rings is 1. The molecule has 0 saturated heterocycles. The summed E-state index contributed by atoms with van der Waals surface area (Å²) in [7, 11) is 0. The van der Waals surface area contributed by atoms with Crippen LogP contribution in [-0.2, 0) is 11.2 Å². The molecule has 114 valence electrons. The van der Waals surface area contributed by atoms with Gasteiger partial charge in [0.15, 0.2) is 0 Å². The van der Waals surface area contributed by atoms with Crippen molar-refractivity contribution in [2.75, 3.05) is 17.2 Å². The van der Waals surface area contributed by atoms with Gasteiger partial charge in [-0.15, -0.1) is 0 Å². The van der Waals surface area contributed by atoms with Crippen LogP contribution in [0.15, 0.2) is 48.7 Å². The summed E-state index contributed by atoms with van der Waals surface area (Å²) in [6.07, 6.45) is 3.66. The molecule has 1 heterocycles. The molecule has 0 aliphatic heterocycles. The Balaban J connectivity index is 1.58. The first-order valence-electron chi connectivity index (χ1n) is 7.77. The molecule has 22 heavy (non-hydrogen) atoms. The lowest BCUT2D eigenvalue weighted by Gasteiger charge is -2.13. The van der Waals surface area contributed by atoms with Gasteiger partial charge in [0, 0.05) is 30.8 Å². The van der Waals surface area contributed by atoms with Crippen LogP contribution in [0.3, 0.4) is 0 Å². The number of hydrogen-bond donors (Lipinski definition) is 2. The molecular weight excluding hydrogens is 274 g/mol. The predicted molar refractivity (Wildman–Crippen MR) is 88.8 cm³/mol. The summed E-state index contributed by atoms with van der Waals surface area (Å²) < 4.78 is 0. The average Bonchev–Trinajstić information content (AvgIpc) is 3.27. The lowest BCUT2D eigenvalue weighted by atomic mass is 10.2. The fourth-order valence-electron chi connectivity index (χ4n) is 2.53. The topological polar surface area (TPSA) is 54.0 Å². The smallest absolute Gasteiger partial charge is 0.227 e. The van der Waals surface area contributed by atoms with Crippen molar-refractivity contribution in [1.82, 2.24) is 4.98 Å². The zero-order valence-corrected chi connectivity index (χ0v) is 12.8. The van der Waals surface area contributed by atoms with E-state index in [1.165, 1.54) is 0 Å². The Morgan fingerprint density at radius 1 is 1.18 bits per heavy atom. The minimum Gasteiger partial charge on any atom is -0.383 e. The van der Waals surface area contributed by atoms with E-state index in [4.69, 9.17) is 0 Å². The second-order valence-electron chi connectivity index (χ2n) is 5.85. The Bertz CT molecular complexity index is 642. The summed E-state index contributed by atoms with van der Waals surface area (Å²) in [6, 6.07) is 13.8. The third kappa shape index (κ3) is 3.64. The van der Waals surface area contributed by atoms with Gasteiger partial charge in [-0.05, 0) is 36.6 Å². The van der Waals surface area contributed by atoms with Crippen LogP contribution in [0.25, 0.3) is 0 Å². The third-order valence-corrected chi connectivity index (χ3v) is 4.05. The molecule has 0 radical (unpaired) electrons. The highest BCUT2D eigenvalue weighted by Gasteiger charge is 2.39. The third-order valence-electron chi connectivity index (χ3n) is 4.05. The Morgan fingerprint density at radius 3 is 2.59 bits per heavy atom. The lowest BCUT2D eigenvalue weighted by Crippen LogP contribution is -2.16. The van der Waals surface area contributed by atoms with Gasteiger partial charge < -0.3 is 10.6 Å². The summed E-state index contributed by atoms with van der Waals surface area (Å²) in [5.74, 6) is 0.831. The van der Waals surface area contributed by atoms with Crippen molar-refractivity contribution in [3.63, 3.8) is 0 Å². The van der Waals surface area contributed by atoms with Gasteiger partial charge in [-0.1, -0.05) is 25.1 Å². The van der Waals surface area contributed by atoms with Gasteiger partial charge in [0.05, 0.1) is 11.4 Å². The number of nitrogens with one attached hydrogen (secondary N) is 2. The zero-order valence-electron chi connectivity index (χ0n) is 12.8. The van der Waals surface area contributed by atoms with E-state index in [1.807, 2.05) is 42.5 Å². The second kappa shape index (κ2) is 6.60. The molecule has 1 aromatic heterocycles. The van der Waals surface area contributed by atoms with Crippen LogP contribution in [-0.4, -0.2) is 17.4 Å². The quantitative estimate of drug-likeness (QED) is 0.859.